The smallest absolute Gasteiger partial charge is 0.269 e. The largest absolute Gasteiger partial charge is 0.336 e. The molecule has 3 rings (SSSR count). The molecule has 0 fully saturated rings. The topological polar surface area (TPSA) is 123 Å². The lowest BCUT2D eigenvalue weighted by molar-refractivity contribution is -0.384. The number of benzene rings is 2. The number of carbonyl (C=O) groups excluding carboxylic acids is 3. The van der Waals surface area contributed by atoms with Gasteiger partial charge in [0, 0.05) is 37.2 Å². The lowest BCUT2D eigenvalue weighted by Crippen LogP contribution is -2.26. The Morgan fingerprint density at radius 3 is 2.21 bits per heavy atom. The number of anilines is 1. The van der Waals surface area contributed by atoms with Crippen LogP contribution in [0.15, 0.2) is 48.5 Å². The minimum Gasteiger partial charge on any atom is -0.336 e. The molecule has 0 atom stereocenters. The number of amides is 2. The van der Waals surface area contributed by atoms with Crippen LogP contribution in [-0.2, 0) is 11.3 Å². The number of Topliss-reactive ketones (excluding diaryl/α,β-unsaturated/α-hetero) is 1. The lowest BCUT2D eigenvalue weighted by Gasteiger charge is -2.16. The zero-order chi connectivity index (χ0) is 24.8. The number of hydrogen-bond acceptors (Lipinski definition) is 7. The van der Waals surface area contributed by atoms with Gasteiger partial charge in [-0.1, -0.05) is 29.5 Å². The van der Waals surface area contributed by atoms with Crippen molar-refractivity contribution in [2.24, 2.45) is 0 Å². The molecule has 1 N–H and O–H groups in total. The molecule has 0 unspecified atom stereocenters. The molecule has 0 spiro atoms. The molecule has 0 radical (unpaired) electrons. The van der Waals surface area contributed by atoms with Crippen LogP contribution in [0, 0.1) is 10.1 Å². The molecule has 0 bridgehead atoms. The monoisotopic (exact) mass is 478 g/mol. The van der Waals surface area contributed by atoms with E-state index in [1.54, 1.807) is 55.6 Å². The van der Waals surface area contributed by atoms with E-state index in [1.165, 1.54) is 42.2 Å². The number of rotatable bonds is 8. The van der Waals surface area contributed by atoms with Gasteiger partial charge in [0.2, 0.25) is 5.91 Å². The molecule has 0 aliphatic heterocycles. The predicted molar refractivity (Wildman–Crippen MR) is 131 cm³/mol. The Hall–Kier alpha value is -4.18. The van der Waals surface area contributed by atoms with Crippen LogP contribution in [0.5, 0.6) is 0 Å². The lowest BCUT2D eigenvalue weighted by atomic mass is 10.1. The first-order valence-electron chi connectivity index (χ1n) is 10.2. The van der Waals surface area contributed by atoms with Crippen LogP contribution in [0.25, 0.3) is 12.2 Å². The summed E-state index contributed by atoms with van der Waals surface area (Å²) in [6, 6.07) is 12.5. The number of nitro benzene ring substituents is 1. The number of nitrogens with one attached hydrogen (secondary N) is 1. The molecular formula is C24H22N4O5S. The number of carbonyl (C=O) groups is 3. The van der Waals surface area contributed by atoms with Gasteiger partial charge >= 0.3 is 0 Å². The second-order valence-corrected chi connectivity index (χ2v) is 8.57. The SMILES string of the molecule is CC(=O)Nc1nc(/C=C\c2ccc([N+](=O)[O-])cc2)c(CN(C)C(=O)c2ccc(C(C)=O)cc2)s1. The first kappa shape index (κ1) is 24.5. The van der Waals surface area contributed by atoms with E-state index in [-0.39, 0.29) is 29.8 Å². The van der Waals surface area contributed by atoms with Gasteiger partial charge in [-0.3, -0.25) is 24.5 Å². The molecule has 0 saturated carbocycles. The van der Waals surface area contributed by atoms with E-state index < -0.39 is 4.92 Å². The third-order valence-corrected chi connectivity index (χ3v) is 5.79. The fraction of sp³-hybridized carbons (Fsp3) is 0.167. The van der Waals surface area contributed by atoms with Crippen LogP contribution in [-0.4, -0.2) is 39.5 Å². The zero-order valence-electron chi connectivity index (χ0n) is 18.8. The standard InChI is InChI=1S/C24H22N4O5S/c1-15(29)18-7-9-19(10-8-18)23(31)27(3)14-22-21(26-24(34-22)25-16(2)30)13-6-17-4-11-20(12-5-17)28(32)33/h4-13H,14H2,1-3H3,(H,25,26,30)/b13-6-. The summed E-state index contributed by atoms with van der Waals surface area (Å²) in [5.74, 6) is -0.567. The number of thiazole rings is 1. The van der Waals surface area contributed by atoms with Crippen molar-refractivity contribution in [3.63, 3.8) is 0 Å². The van der Waals surface area contributed by atoms with Gasteiger partial charge in [0.05, 0.1) is 22.0 Å². The van der Waals surface area contributed by atoms with Crippen LogP contribution in [0.3, 0.4) is 0 Å². The van der Waals surface area contributed by atoms with Crippen LogP contribution < -0.4 is 5.32 Å². The first-order chi connectivity index (χ1) is 16.1. The first-order valence-corrected chi connectivity index (χ1v) is 11.0. The number of nitrogens with zero attached hydrogens (tertiary/aromatic N) is 3. The molecule has 9 nitrogen and oxygen atoms in total. The Balaban J connectivity index is 1.82. The van der Waals surface area contributed by atoms with Gasteiger partial charge in [-0.25, -0.2) is 4.98 Å². The van der Waals surface area contributed by atoms with Crippen molar-refractivity contribution >= 4 is 51.9 Å². The number of ketones is 1. The van der Waals surface area contributed by atoms with E-state index in [4.69, 9.17) is 0 Å². The van der Waals surface area contributed by atoms with E-state index in [0.29, 0.717) is 22.0 Å². The van der Waals surface area contributed by atoms with Crippen LogP contribution in [0.1, 0.15) is 50.7 Å². The van der Waals surface area contributed by atoms with Gasteiger partial charge in [0.25, 0.3) is 11.6 Å². The Bertz CT molecular complexity index is 1260. The van der Waals surface area contributed by atoms with Crippen molar-refractivity contribution < 1.29 is 19.3 Å². The van der Waals surface area contributed by atoms with Gasteiger partial charge in [-0.15, -0.1) is 0 Å². The normalized spacial score (nSPS) is 10.8. The molecule has 174 valence electrons. The predicted octanol–water partition coefficient (Wildman–Crippen LogP) is 4.65. The molecule has 2 amide bonds. The van der Waals surface area contributed by atoms with E-state index in [9.17, 15) is 24.5 Å². The minimum absolute atomic E-state index is 0.00378. The average Bonchev–Trinajstić information content (AvgIpc) is 3.17. The molecule has 34 heavy (non-hydrogen) atoms. The zero-order valence-corrected chi connectivity index (χ0v) is 19.6. The van der Waals surface area contributed by atoms with E-state index in [0.717, 1.165) is 10.4 Å². The van der Waals surface area contributed by atoms with Crippen molar-refractivity contribution in [3.05, 3.63) is 85.9 Å². The summed E-state index contributed by atoms with van der Waals surface area (Å²) in [5, 5.41) is 13.9. The highest BCUT2D eigenvalue weighted by molar-refractivity contribution is 7.16. The van der Waals surface area contributed by atoms with E-state index in [1.807, 2.05) is 0 Å². The molecule has 3 aromatic rings. The highest BCUT2D eigenvalue weighted by Crippen LogP contribution is 2.27. The third kappa shape index (κ3) is 6.20. The van der Waals surface area contributed by atoms with Crippen LogP contribution >= 0.6 is 11.3 Å². The van der Waals surface area contributed by atoms with E-state index in [2.05, 4.69) is 10.3 Å². The Morgan fingerprint density at radius 1 is 1.03 bits per heavy atom. The summed E-state index contributed by atoms with van der Waals surface area (Å²) in [7, 11) is 1.66. The maximum Gasteiger partial charge on any atom is 0.269 e. The van der Waals surface area contributed by atoms with Crippen molar-refractivity contribution in [3.8, 4) is 0 Å². The highest BCUT2D eigenvalue weighted by Gasteiger charge is 2.17. The Labute approximate surface area is 199 Å². The minimum atomic E-state index is -0.466. The molecule has 0 saturated heterocycles. The van der Waals surface area contributed by atoms with Gasteiger partial charge in [0.15, 0.2) is 10.9 Å². The van der Waals surface area contributed by atoms with Gasteiger partial charge in [0.1, 0.15) is 0 Å². The third-order valence-electron chi connectivity index (χ3n) is 4.81. The summed E-state index contributed by atoms with van der Waals surface area (Å²) < 4.78 is 0. The highest BCUT2D eigenvalue weighted by atomic mass is 32.1. The summed E-state index contributed by atoms with van der Waals surface area (Å²) in [6.07, 6.45) is 3.49. The van der Waals surface area contributed by atoms with Gasteiger partial charge in [-0.2, -0.15) is 0 Å². The molecule has 10 heteroatoms. The summed E-state index contributed by atoms with van der Waals surface area (Å²) in [5.41, 5.74) is 2.28. The Morgan fingerprint density at radius 2 is 1.65 bits per heavy atom. The number of nitro groups is 1. The van der Waals surface area contributed by atoms with Crippen molar-refractivity contribution in [2.45, 2.75) is 20.4 Å². The second-order valence-electron chi connectivity index (χ2n) is 7.49. The van der Waals surface area contributed by atoms with Crippen molar-refractivity contribution in [1.82, 2.24) is 9.88 Å². The molecule has 0 aliphatic carbocycles. The maximum atomic E-state index is 12.9. The fourth-order valence-corrected chi connectivity index (χ4v) is 4.10. The Kier molecular flexibility index (Phi) is 7.64. The molecule has 0 aliphatic rings. The average molecular weight is 479 g/mol. The van der Waals surface area contributed by atoms with Crippen molar-refractivity contribution in [2.75, 3.05) is 12.4 Å². The fourth-order valence-electron chi connectivity index (χ4n) is 3.05. The van der Waals surface area contributed by atoms with Gasteiger partial charge < -0.3 is 10.2 Å². The number of hydrogen-bond donors (Lipinski definition) is 1. The number of non-ortho nitro benzene ring substituents is 1. The number of aromatic nitrogens is 1. The van der Waals surface area contributed by atoms with E-state index >= 15 is 0 Å². The maximum absolute atomic E-state index is 12.9. The van der Waals surface area contributed by atoms with Crippen molar-refractivity contribution in [1.29, 1.82) is 0 Å². The summed E-state index contributed by atoms with van der Waals surface area (Å²) in [6.45, 7) is 3.09. The second kappa shape index (κ2) is 10.6. The molecule has 1 heterocycles. The van der Waals surface area contributed by atoms with Crippen LogP contribution in [0.4, 0.5) is 10.8 Å². The molecule has 1 aromatic heterocycles. The van der Waals surface area contributed by atoms with Crippen LogP contribution in [0.2, 0.25) is 0 Å². The molecular weight excluding hydrogens is 456 g/mol. The quantitative estimate of drug-likeness (QED) is 0.285. The summed E-state index contributed by atoms with van der Waals surface area (Å²) in [4.78, 5) is 52.9. The van der Waals surface area contributed by atoms with Gasteiger partial charge in [-0.05, 0) is 42.8 Å². The summed E-state index contributed by atoms with van der Waals surface area (Å²) >= 11 is 1.25. The molecule has 2 aromatic carbocycles.